The third-order valence-electron chi connectivity index (χ3n) is 5.98. The second-order valence-electron chi connectivity index (χ2n) is 7.84. The van der Waals surface area contributed by atoms with Gasteiger partial charge in [0.05, 0.1) is 25.5 Å². The molecule has 0 radical (unpaired) electrons. The summed E-state index contributed by atoms with van der Waals surface area (Å²) in [5, 5.41) is 4.00. The normalized spacial score (nSPS) is 16.4. The Morgan fingerprint density at radius 3 is 2.87 bits per heavy atom. The molecule has 1 N–H and O–H groups in total. The van der Waals surface area contributed by atoms with E-state index < -0.39 is 0 Å². The van der Waals surface area contributed by atoms with Gasteiger partial charge >= 0.3 is 0 Å². The van der Waals surface area contributed by atoms with E-state index in [0.29, 0.717) is 18.8 Å². The van der Waals surface area contributed by atoms with Crippen LogP contribution in [0.15, 0.2) is 28.9 Å². The SMILES string of the molecule is COc1ccc(OC)c(CNC(=O)[C@H]2CCCN(c3ncnc4oc(C)c(C)c34)C2)c1. The van der Waals surface area contributed by atoms with Crippen LogP contribution >= 0.6 is 0 Å². The smallest absolute Gasteiger partial charge is 0.231 e. The number of piperidine rings is 1. The summed E-state index contributed by atoms with van der Waals surface area (Å²) in [6.07, 6.45) is 3.29. The highest BCUT2D eigenvalue weighted by Crippen LogP contribution is 2.32. The van der Waals surface area contributed by atoms with E-state index in [4.69, 9.17) is 13.9 Å². The van der Waals surface area contributed by atoms with Gasteiger partial charge in [-0.05, 0) is 44.9 Å². The van der Waals surface area contributed by atoms with Crippen LogP contribution < -0.4 is 19.7 Å². The molecule has 1 atom stereocenters. The number of fused-ring (bicyclic) bond motifs is 1. The number of carbonyl (C=O) groups excluding carboxylic acids is 1. The van der Waals surface area contributed by atoms with E-state index in [0.717, 1.165) is 59.0 Å². The Morgan fingerprint density at radius 2 is 2.10 bits per heavy atom. The highest BCUT2D eigenvalue weighted by atomic mass is 16.5. The molecule has 31 heavy (non-hydrogen) atoms. The summed E-state index contributed by atoms with van der Waals surface area (Å²) in [5.74, 6) is 3.04. The van der Waals surface area contributed by atoms with Gasteiger partial charge in [0.25, 0.3) is 0 Å². The average molecular weight is 425 g/mol. The topological polar surface area (TPSA) is 89.7 Å². The lowest BCUT2D eigenvalue weighted by molar-refractivity contribution is -0.125. The fourth-order valence-electron chi connectivity index (χ4n) is 4.13. The molecule has 3 heterocycles. The molecule has 4 rings (SSSR count). The molecule has 1 aliphatic heterocycles. The van der Waals surface area contributed by atoms with Crippen LogP contribution in [0.2, 0.25) is 0 Å². The van der Waals surface area contributed by atoms with E-state index in [9.17, 15) is 4.79 Å². The number of methoxy groups -OCH3 is 2. The number of hydrogen-bond acceptors (Lipinski definition) is 7. The Morgan fingerprint density at radius 1 is 1.26 bits per heavy atom. The maximum absolute atomic E-state index is 13.0. The quantitative estimate of drug-likeness (QED) is 0.649. The minimum Gasteiger partial charge on any atom is -0.497 e. The summed E-state index contributed by atoms with van der Waals surface area (Å²) in [6.45, 7) is 5.79. The summed E-state index contributed by atoms with van der Waals surface area (Å²) in [6, 6.07) is 5.57. The zero-order valence-corrected chi connectivity index (χ0v) is 18.4. The van der Waals surface area contributed by atoms with E-state index in [-0.39, 0.29) is 11.8 Å². The van der Waals surface area contributed by atoms with Gasteiger partial charge in [0.1, 0.15) is 29.4 Å². The monoisotopic (exact) mass is 424 g/mol. The van der Waals surface area contributed by atoms with Crippen LogP contribution in [0.4, 0.5) is 5.82 Å². The van der Waals surface area contributed by atoms with E-state index in [1.807, 2.05) is 32.0 Å². The number of benzene rings is 1. The lowest BCUT2D eigenvalue weighted by Gasteiger charge is -2.33. The molecule has 0 spiro atoms. The Hall–Kier alpha value is -3.29. The van der Waals surface area contributed by atoms with Gasteiger partial charge in [-0.1, -0.05) is 0 Å². The number of aromatic nitrogens is 2. The number of amides is 1. The van der Waals surface area contributed by atoms with Crippen molar-refractivity contribution in [1.29, 1.82) is 0 Å². The zero-order valence-electron chi connectivity index (χ0n) is 18.4. The number of ether oxygens (including phenoxy) is 2. The highest BCUT2D eigenvalue weighted by Gasteiger charge is 2.28. The summed E-state index contributed by atoms with van der Waals surface area (Å²) >= 11 is 0. The zero-order chi connectivity index (χ0) is 22.0. The van der Waals surface area contributed by atoms with E-state index >= 15 is 0 Å². The van der Waals surface area contributed by atoms with Crippen molar-refractivity contribution in [2.24, 2.45) is 5.92 Å². The van der Waals surface area contributed by atoms with Crippen LogP contribution in [0.5, 0.6) is 11.5 Å². The molecule has 0 aliphatic carbocycles. The predicted molar refractivity (Wildman–Crippen MR) is 118 cm³/mol. The van der Waals surface area contributed by atoms with Crippen molar-refractivity contribution >= 4 is 22.8 Å². The van der Waals surface area contributed by atoms with Gasteiger partial charge in [-0.15, -0.1) is 0 Å². The fourth-order valence-corrected chi connectivity index (χ4v) is 4.13. The Labute approximate surface area is 181 Å². The number of furan rings is 1. The van der Waals surface area contributed by atoms with E-state index in [2.05, 4.69) is 20.2 Å². The van der Waals surface area contributed by atoms with Gasteiger partial charge in [0.2, 0.25) is 11.6 Å². The highest BCUT2D eigenvalue weighted by molar-refractivity contribution is 5.90. The van der Waals surface area contributed by atoms with Crippen molar-refractivity contribution in [3.8, 4) is 11.5 Å². The van der Waals surface area contributed by atoms with Crippen LogP contribution in [0.1, 0.15) is 29.7 Å². The predicted octanol–water partition coefficient (Wildman–Crippen LogP) is 3.39. The molecule has 1 amide bonds. The van der Waals surface area contributed by atoms with Gasteiger partial charge in [0, 0.05) is 30.8 Å². The molecule has 1 aromatic carbocycles. The molecule has 0 saturated carbocycles. The van der Waals surface area contributed by atoms with Gasteiger partial charge in [-0.3, -0.25) is 4.79 Å². The van der Waals surface area contributed by atoms with Crippen LogP contribution in [0.25, 0.3) is 11.1 Å². The van der Waals surface area contributed by atoms with Crippen LogP contribution in [-0.2, 0) is 11.3 Å². The van der Waals surface area contributed by atoms with Gasteiger partial charge in [0.15, 0.2) is 0 Å². The van der Waals surface area contributed by atoms with Crippen molar-refractivity contribution in [2.45, 2.75) is 33.2 Å². The second kappa shape index (κ2) is 8.83. The molecule has 8 nitrogen and oxygen atoms in total. The van der Waals surface area contributed by atoms with Crippen molar-refractivity contribution in [3.05, 3.63) is 41.4 Å². The minimum atomic E-state index is -0.122. The molecule has 8 heteroatoms. The fraction of sp³-hybridized carbons (Fsp3) is 0.435. The number of aryl methyl sites for hydroxylation is 2. The number of nitrogens with zero attached hydrogens (tertiary/aromatic N) is 3. The lowest BCUT2D eigenvalue weighted by atomic mass is 9.96. The van der Waals surface area contributed by atoms with Crippen LogP contribution in [-0.4, -0.2) is 43.2 Å². The number of rotatable bonds is 6. The molecule has 1 saturated heterocycles. The van der Waals surface area contributed by atoms with Crippen LogP contribution in [0, 0.1) is 19.8 Å². The van der Waals surface area contributed by atoms with E-state index in [1.165, 1.54) is 6.33 Å². The Bertz CT molecular complexity index is 1090. The molecular formula is C23H28N4O4. The number of anilines is 1. The van der Waals surface area contributed by atoms with Crippen molar-refractivity contribution < 1.29 is 18.7 Å². The Kier molecular flexibility index (Phi) is 5.97. The molecule has 2 aromatic heterocycles. The molecule has 3 aromatic rings. The number of nitrogens with one attached hydrogen (secondary N) is 1. The summed E-state index contributed by atoms with van der Waals surface area (Å²) in [7, 11) is 3.24. The van der Waals surface area contributed by atoms with Crippen molar-refractivity contribution in [2.75, 3.05) is 32.2 Å². The lowest BCUT2D eigenvalue weighted by Crippen LogP contribution is -2.43. The summed E-state index contributed by atoms with van der Waals surface area (Å²) < 4.78 is 16.5. The first-order valence-corrected chi connectivity index (χ1v) is 10.5. The number of carbonyl (C=O) groups is 1. The second-order valence-corrected chi connectivity index (χ2v) is 7.84. The first kappa shape index (κ1) is 21.0. The third-order valence-corrected chi connectivity index (χ3v) is 5.98. The van der Waals surface area contributed by atoms with Gasteiger partial charge < -0.3 is 24.1 Å². The standard InChI is InChI=1S/C23H28N4O4/c1-14-15(2)31-23-20(14)21(25-13-26-23)27-9-5-6-16(12-27)22(28)24-11-17-10-18(29-3)7-8-19(17)30-4/h7-8,10,13,16H,5-6,9,11-12H2,1-4H3,(H,24,28)/t16-/m0/s1. The van der Waals surface area contributed by atoms with Gasteiger partial charge in [-0.2, -0.15) is 0 Å². The maximum Gasteiger partial charge on any atom is 0.231 e. The maximum atomic E-state index is 13.0. The molecule has 164 valence electrons. The van der Waals surface area contributed by atoms with Gasteiger partial charge in [-0.25, -0.2) is 9.97 Å². The summed E-state index contributed by atoms with van der Waals surface area (Å²) in [4.78, 5) is 23.9. The molecule has 1 fully saturated rings. The van der Waals surface area contributed by atoms with Crippen molar-refractivity contribution in [3.63, 3.8) is 0 Å². The van der Waals surface area contributed by atoms with Crippen LogP contribution in [0.3, 0.4) is 0 Å². The Balaban J connectivity index is 1.48. The van der Waals surface area contributed by atoms with Crippen molar-refractivity contribution in [1.82, 2.24) is 15.3 Å². The first-order valence-electron chi connectivity index (χ1n) is 10.5. The largest absolute Gasteiger partial charge is 0.497 e. The van der Waals surface area contributed by atoms with E-state index in [1.54, 1.807) is 14.2 Å². The third kappa shape index (κ3) is 4.15. The molecular weight excluding hydrogens is 396 g/mol. The minimum absolute atomic E-state index is 0.0277. The average Bonchev–Trinajstić information content (AvgIpc) is 3.10. The number of hydrogen-bond donors (Lipinski definition) is 1. The first-order chi connectivity index (χ1) is 15.0. The molecule has 0 unspecified atom stereocenters. The molecule has 1 aliphatic rings. The molecule has 0 bridgehead atoms. The summed E-state index contributed by atoms with van der Waals surface area (Å²) in [5.41, 5.74) is 2.52.